The first-order valence-corrected chi connectivity index (χ1v) is 7.23. The Kier molecular flexibility index (Phi) is 3.60. The van der Waals surface area contributed by atoms with Crippen molar-refractivity contribution in [1.82, 2.24) is 0 Å². The molecule has 3 rings (SSSR count). The van der Waals surface area contributed by atoms with Gasteiger partial charge < -0.3 is 10.1 Å². The molecule has 0 heterocycles. The van der Waals surface area contributed by atoms with E-state index in [0.29, 0.717) is 5.02 Å². The number of anilines is 1. The fraction of sp³-hybridized carbons (Fsp3) is 0.235. The van der Waals surface area contributed by atoms with Crippen molar-refractivity contribution in [2.24, 2.45) is 0 Å². The Labute approximate surface area is 128 Å². The summed E-state index contributed by atoms with van der Waals surface area (Å²) in [6, 6.07) is 14.9. The molecule has 0 aliphatic heterocycles. The molecule has 2 aromatic rings. The van der Waals surface area contributed by atoms with Gasteiger partial charge in [0.2, 0.25) is 5.91 Å². The molecule has 4 heteroatoms. The first kappa shape index (κ1) is 14.0. The smallest absolute Gasteiger partial charge is 0.235 e. The molecule has 0 atom stereocenters. The summed E-state index contributed by atoms with van der Waals surface area (Å²) in [5, 5.41) is 3.57. The van der Waals surface area contributed by atoms with Crippen LogP contribution in [0.25, 0.3) is 0 Å². The summed E-state index contributed by atoms with van der Waals surface area (Å²) in [5.74, 6) is 0.819. The molecule has 1 aliphatic carbocycles. The number of amides is 1. The monoisotopic (exact) mass is 301 g/mol. The zero-order valence-corrected chi connectivity index (χ0v) is 12.5. The molecule has 0 bridgehead atoms. The highest BCUT2D eigenvalue weighted by Gasteiger charge is 2.51. The van der Waals surface area contributed by atoms with Crippen LogP contribution in [0.3, 0.4) is 0 Å². The van der Waals surface area contributed by atoms with Crippen LogP contribution in [0, 0.1) is 0 Å². The molecule has 0 spiro atoms. The van der Waals surface area contributed by atoms with Gasteiger partial charge in [-0.1, -0.05) is 29.8 Å². The highest BCUT2D eigenvalue weighted by atomic mass is 35.5. The summed E-state index contributed by atoms with van der Waals surface area (Å²) in [5.41, 5.74) is 1.35. The Hall–Kier alpha value is -2.00. The molecule has 108 valence electrons. The molecule has 1 saturated carbocycles. The lowest BCUT2D eigenvalue weighted by Gasteiger charge is -2.16. The van der Waals surface area contributed by atoms with Gasteiger partial charge in [0.15, 0.2) is 0 Å². The van der Waals surface area contributed by atoms with Gasteiger partial charge in [-0.3, -0.25) is 4.79 Å². The van der Waals surface area contributed by atoms with Crippen molar-refractivity contribution in [3.8, 4) is 5.75 Å². The molecule has 21 heavy (non-hydrogen) atoms. The first-order valence-electron chi connectivity index (χ1n) is 6.86. The van der Waals surface area contributed by atoms with E-state index in [4.69, 9.17) is 16.3 Å². The number of hydrogen-bond acceptors (Lipinski definition) is 2. The van der Waals surface area contributed by atoms with Crippen molar-refractivity contribution in [3.63, 3.8) is 0 Å². The van der Waals surface area contributed by atoms with Gasteiger partial charge in [-0.2, -0.15) is 0 Å². The summed E-state index contributed by atoms with van der Waals surface area (Å²) in [6.07, 6.45) is 1.73. The molecular weight excluding hydrogens is 286 g/mol. The number of rotatable bonds is 4. The van der Waals surface area contributed by atoms with Crippen molar-refractivity contribution < 1.29 is 9.53 Å². The van der Waals surface area contributed by atoms with Crippen molar-refractivity contribution >= 4 is 23.2 Å². The number of carbonyl (C=O) groups excluding carboxylic acids is 1. The zero-order chi connectivity index (χ0) is 14.9. The maximum atomic E-state index is 12.6. The lowest BCUT2D eigenvalue weighted by atomic mass is 9.95. The van der Waals surface area contributed by atoms with E-state index in [1.807, 2.05) is 36.4 Å². The largest absolute Gasteiger partial charge is 0.497 e. The van der Waals surface area contributed by atoms with Crippen LogP contribution in [0.2, 0.25) is 5.02 Å². The van der Waals surface area contributed by atoms with E-state index < -0.39 is 5.41 Å². The molecule has 1 N–H and O–H groups in total. The third-order valence-electron chi connectivity index (χ3n) is 3.91. The van der Waals surface area contributed by atoms with E-state index in [9.17, 15) is 4.79 Å². The maximum Gasteiger partial charge on any atom is 0.235 e. The molecule has 1 aliphatic rings. The van der Waals surface area contributed by atoms with Gasteiger partial charge in [-0.25, -0.2) is 0 Å². The quantitative estimate of drug-likeness (QED) is 0.926. The Morgan fingerprint density at radius 3 is 2.48 bits per heavy atom. The van der Waals surface area contributed by atoms with Crippen LogP contribution in [-0.2, 0) is 10.2 Å². The maximum absolute atomic E-state index is 12.6. The third-order valence-corrected chi connectivity index (χ3v) is 4.14. The average Bonchev–Trinajstić information content (AvgIpc) is 3.29. The zero-order valence-electron chi connectivity index (χ0n) is 11.7. The van der Waals surface area contributed by atoms with Gasteiger partial charge in [0.1, 0.15) is 5.75 Å². The van der Waals surface area contributed by atoms with Crippen LogP contribution in [0.5, 0.6) is 5.75 Å². The summed E-state index contributed by atoms with van der Waals surface area (Å²) < 4.78 is 5.16. The van der Waals surface area contributed by atoms with Crippen molar-refractivity contribution in [2.45, 2.75) is 18.3 Å². The van der Waals surface area contributed by atoms with Crippen LogP contribution < -0.4 is 10.1 Å². The Morgan fingerprint density at radius 1 is 1.19 bits per heavy atom. The predicted molar refractivity (Wildman–Crippen MR) is 84.0 cm³/mol. The molecule has 0 radical (unpaired) electrons. The van der Waals surface area contributed by atoms with E-state index in [0.717, 1.165) is 29.8 Å². The lowest BCUT2D eigenvalue weighted by Crippen LogP contribution is -2.27. The highest BCUT2D eigenvalue weighted by molar-refractivity contribution is 6.30. The summed E-state index contributed by atoms with van der Waals surface area (Å²) in [4.78, 5) is 12.6. The SMILES string of the molecule is COc1ccc(C2(C(=O)Nc3cccc(Cl)c3)CC2)cc1. The van der Waals surface area contributed by atoms with Crippen LogP contribution >= 0.6 is 11.6 Å². The number of ether oxygens (including phenoxy) is 1. The number of nitrogens with one attached hydrogen (secondary N) is 1. The van der Waals surface area contributed by atoms with Crippen molar-refractivity contribution in [1.29, 1.82) is 0 Å². The van der Waals surface area contributed by atoms with Gasteiger partial charge in [0, 0.05) is 10.7 Å². The van der Waals surface area contributed by atoms with Crippen LogP contribution in [0.1, 0.15) is 18.4 Å². The van der Waals surface area contributed by atoms with Crippen molar-refractivity contribution in [3.05, 3.63) is 59.1 Å². The van der Waals surface area contributed by atoms with Gasteiger partial charge in [0.05, 0.1) is 12.5 Å². The van der Waals surface area contributed by atoms with Gasteiger partial charge in [0.25, 0.3) is 0 Å². The minimum atomic E-state index is -0.408. The molecule has 2 aromatic carbocycles. The minimum Gasteiger partial charge on any atom is -0.497 e. The number of benzene rings is 2. The highest BCUT2D eigenvalue weighted by Crippen LogP contribution is 2.49. The van der Waals surface area contributed by atoms with Crippen LogP contribution in [-0.4, -0.2) is 13.0 Å². The van der Waals surface area contributed by atoms with Gasteiger partial charge >= 0.3 is 0 Å². The predicted octanol–water partition coefficient (Wildman–Crippen LogP) is 4.02. The number of hydrogen-bond donors (Lipinski definition) is 1. The van der Waals surface area contributed by atoms with E-state index in [1.54, 1.807) is 19.2 Å². The number of carbonyl (C=O) groups is 1. The molecule has 0 aromatic heterocycles. The lowest BCUT2D eigenvalue weighted by molar-refractivity contribution is -0.118. The molecular formula is C17H16ClNO2. The molecule has 0 saturated heterocycles. The Balaban J connectivity index is 1.79. The van der Waals surface area contributed by atoms with Crippen LogP contribution in [0.15, 0.2) is 48.5 Å². The van der Waals surface area contributed by atoms with Crippen LogP contribution in [0.4, 0.5) is 5.69 Å². The van der Waals surface area contributed by atoms with E-state index in [2.05, 4.69) is 5.32 Å². The summed E-state index contributed by atoms with van der Waals surface area (Å²) >= 11 is 5.94. The number of halogens is 1. The fourth-order valence-electron chi connectivity index (χ4n) is 2.50. The number of methoxy groups -OCH3 is 1. The van der Waals surface area contributed by atoms with Crippen molar-refractivity contribution in [2.75, 3.05) is 12.4 Å². The van der Waals surface area contributed by atoms with Gasteiger partial charge in [-0.15, -0.1) is 0 Å². The Bertz CT molecular complexity index is 663. The average molecular weight is 302 g/mol. The third kappa shape index (κ3) is 2.74. The summed E-state index contributed by atoms with van der Waals surface area (Å²) in [7, 11) is 1.63. The Morgan fingerprint density at radius 2 is 1.90 bits per heavy atom. The standard InChI is InChI=1S/C17H16ClNO2/c1-21-15-7-5-12(6-8-15)17(9-10-17)16(20)19-14-4-2-3-13(18)11-14/h2-8,11H,9-10H2,1H3,(H,19,20). The minimum absolute atomic E-state index is 0.0231. The topological polar surface area (TPSA) is 38.3 Å². The summed E-state index contributed by atoms with van der Waals surface area (Å²) in [6.45, 7) is 0. The second-order valence-electron chi connectivity index (χ2n) is 5.28. The second-order valence-corrected chi connectivity index (χ2v) is 5.71. The normalized spacial score (nSPS) is 15.3. The molecule has 3 nitrogen and oxygen atoms in total. The van der Waals surface area contributed by atoms with Gasteiger partial charge in [-0.05, 0) is 48.7 Å². The van der Waals surface area contributed by atoms with E-state index in [-0.39, 0.29) is 5.91 Å². The van der Waals surface area contributed by atoms with E-state index >= 15 is 0 Å². The molecule has 1 amide bonds. The molecule has 1 fully saturated rings. The second kappa shape index (κ2) is 5.41. The fourth-order valence-corrected chi connectivity index (χ4v) is 2.69. The molecule has 0 unspecified atom stereocenters. The van der Waals surface area contributed by atoms with E-state index in [1.165, 1.54) is 0 Å². The first-order chi connectivity index (χ1) is 10.1.